The first kappa shape index (κ1) is 18.5. The van der Waals surface area contributed by atoms with Crippen LogP contribution in [0, 0.1) is 0 Å². The third-order valence-corrected chi connectivity index (χ3v) is 5.70. The second-order valence-corrected chi connectivity index (χ2v) is 7.66. The number of hydrogen-bond acceptors (Lipinski definition) is 8. The first-order chi connectivity index (χ1) is 13.3. The number of aromatic nitrogens is 4. The van der Waals surface area contributed by atoms with Crippen molar-refractivity contribution in [1.29, 1.82) is 0 Å². The molecule has 0 unspecified atom stereocenters. The minimum Gasteiger partial charge on any atom is -0.379 e. The molecule has 8 nitrogen and oxygen atoms in total. The Hall–Kier alpha value is -1.90. The molecule has 2 fully saturated rings. The lowest BCUT2D eigenvalue weighted by molar-refractivity contribution is -0.0497. The van der Waals surface area contributed by atoms with Gasteiger partial charge >= 0.3 is 0 Å². The lowest BCUT2D eigenvalue weighted by Gasteiger charge is -2.49. The van der Waals surface area contributed by atoms with E-state index in [-0.39, 0.29) is 5.54 Å². The highest BCUT2D eigenvalue weighted by Gasteiger charge is 2.39. The highest BCUT2D eigenvalue weighted by atomic mass is 16.5. The van der Waals surface area contributed by atoms with Gasteiger partial charge in [-0.2, -0.15) is 4.98 Å². The zero-order valence-corrected chi connectivity index (χ0v) is 16.0. The molecule has 2 aromatic heterocycles. The summed E-state index contributed by atoms with van der Waals surface area (Å²) in [7, 11) is 2.14. The SMILES string of the molecule is CN(Cc1nc(-c2cnccn2)no1)CC1(N2CCOCC2)CCCCC1. The summed E-state index contributed by atoms with van der Waals surface area (Å²) < 4.78 is 11.0. The van der Waals surface area contributed by atoms with E-state index in [4.69, 9.17) is 9.26 Å². The van der Waals surface area contributed by atoms with Crippen molar-refractivity contribution >= 4 is 0 Å². The maximum absolute atomic E-state index is 5.58. The van der Waals surface area contributed by atoms with E-state index in [1.54, 1.807) is 18.6 Å². The smallest absolute Gasteiger partial charge is 0.241 e. The first-order valence-electron chi connectivity index (χ1n) is 9.86. The Bertz CT molecular complexity index is 710. The van der Waals surface area contributed by atoms with E-state index in [9.17, 15) is 0 Å². The van der Waals surface area contributed by atoms with Crippen LogP contribution in [0.5, 0.6) is 0 Å². The van der Waals surface area contributed by atoms with Crippen LogP contribution in [0.25, 0.3) is 11.5 Å². The summed E-state index contributed by atoms with van der Waals surface area (Å²) in [5, 5.41) is 4.05. The van der Waals surface area contributed by atoms with Gasteiger partial charge in [-0.3, -0.25) is 14.8 Å². The Kier molecular flexibility index (Phi) is 5.75. The number of ether oxygens (including phenoxy) is 1. The fourth-order valence-electron chi connectivity index (χ4n) is 4.45. The van der Waals surface area contributed by atoms with Crippen LogP contribution in [-0.2, 0) is 11.3 Å². The van der Waals surface area contributed by atoms with Gasteiger partial charge in [0.2, 0.25) is 11.7 Å². The van der Waals surface area contributed by atoms with E-state index in [1.165, 1.54) is 32.1 Å². The molecule has 0 aromatic carbocycles. The summed E-state index contributed by atoms with van der Waals surface area (Å²) in [6.45, 7) is 5.40. The monoisotopic (exact) mass is 372 g/mol. The normalized spacial score (nSPS) is 20.8. The molecule has 0 amide bonds. The third-order valence-electron chi connectivity index (χ3n) is 5.70. The Morgan fingerprint density at radius 3 is 2.70 bits per heavy atom. The number of morpholine rings is 1. The van der Waals surface area contributed by atoms with Crippen molar-refractivity contribution in [3.05, 3.63) is 24.5 Å². The molecule has 146 valence electrons. The van der Waals surface area contributed by atoms with Gasteiger partial charge in [0.25, 0.3) is 0 Å². The molecule has 1 aliphatic heterocycles. The second-order valence-electron chi connectivity index (χ2n) is 7.66. The second kappa shape index (κ2) is 8.41. The van der Waals surface area contributed by atoms with Crippen molar-refractivity contribution in [2.45, 2.75) is 44.2 Å². The Labute approximate surface area is 159 Å². The fraction of sp³-hybridized carbons (Fsp3) is 0.684. The molecule has 0 atom stereocenters. The molecule has 0 bridgehead atoms. The lowest BCUT2D eigenvalue weighted by atomic mass is 9.79. The van der Waals surface area contributed by atoms with Gasteiger partial charge < -0.3 is 9.26 Å². The maximum atomic E-state index is 5.58. The molecule has 27 heavy (non-hydrogen) atoms. The zero-order valence-electron chi connectivity index (χ0n) is 16.0. The van der Waals surface area contributed by atoms with Crippen molar-refractivity contribution in [1.82, 2.24) is 29.9 Å². The molecule has 2 aliphatic rings. The first-order valence-corrected chi connectivity index (χ1v) is 9.86. The van der Waals surface area contributed by atoms with Crippen molar-refractivity contribution in [2.75, 3.05) is 39.9 Å². The minimum absolute atomic E-state index is 0.241. The quantitative estimate of drug-likeness (QED) is 0.762. The molecule has 2 aromatic rings. The van der Waals surface area contributed by atoms with Crippen LogP contribution < -0.4 is 0 Å². The van der Waals surface area contributed by atoms with Gasteiger partial charge in [0, 0.05) is 37.6 Å². The van der Waals surface area contributed by atoms with Gasteiger partial charge in [-0.15, -0.1) is 0 Å². The van der Waals surface area contributed by atoms with Crippen LogP contribution in [0.2, 0.25) is 0 Å². The number of hydrogen-bond donors (Lipinski definition) is 0. The van der Waals surface area contributed by atoms with Gasteiger partial charge in [0.1, 0.15) is 5.69 Å². The van der Waals surface area contributed by atoms with Crippen molar-refractivity contribution in [3.8, 4) is 11.5 Å². The predicted octanol–water partition coefficient (Wildman–Crippen LogP) is 1.99. The maximum Gasteiger partial charge on any atom is 0.241 e. The van der Waals surface area contributed by atoms with Gasteiger partial charge in [-0.05, 0) is 19.9 Å². The average Bonchev–Trinajstić information content (AvgIpc) is 3.18. The molecule has 1 saturated carbocycles. The van der Waals surface area contributed by atoms with E-state index in [1.807, 2.05) is 0 Å². The molecule has 1 saturated heterocycles. The van der Waals surface area contributed by atoms with Crippen LogP contribution in [-0.4, -0.2) is 75.3 Å². The predicted molar refractivity (Wildman–Crippen MR) is 99.9 cm³/mol. The van der Waals surface area contributed by atoms with Gasteiger partial charge in [-0.1, -0.05) is 24.4 Å². The van der Waals surface area contributed by atoms with E-state index in [2.05, 4.69) is 37.0 Å². The highest BCUT2D eigenvalue weighted by Crippen LogP contribution is 2.35. The van der Waals surface area contributed by atoms with Crippen LogP contribution >= 0.6 is 0 Å². The largest absolute Gasteiger partial charge is 0.379 e. The molecule has 0 radical (unpaired) electrons. The third kappa shape index (κ3) is 4.34. The minimum atomic E-state index is 0.241. The molecule has 0 N–H and O–H groups in total. The van der Waals surface area contributed by atoms with Crippen LogP contribution in [0.3, 0.4) is 0 Å². The lowest BCUT2D eigenvalue weighted by Crippen LogP contribution is -2.59. The molecule has 4 rings (SSSR count). The Balaban J connectivity index is 1.42. The topological polar surface area (TPSA) is 80.4 Å². The summed E-state index contributed by atoms with van der Waals surface area (Å²) in [6.07, 6.45) is 11.4. The van der Waals surface area contributed by atoms with Crippen molar-refractivity contribution < 1.29 is 9.26 Å². The summed E-state index contributed by atoms with van der Waals surface area (Å²) in [5.74, 6) is 1.11. The zero-order chi connectivity index (χ0) is 18.5. The number of likely N-dealkylation sites (N-methyl/N-ethyl adjacent to an activating group) is 1. The molecular formula is C19H28N6O2. The molecule has 1 aliphatic carbocycles. The van der Waals surface area contributed by atoms with Crippen molar-refractivity contribution in [3.63, 3.8) is 0 Å². The van der Waals surface area contributed by atoms with Gasteiger partial charge in [0.05, 0.1) is 26.0 Å². The Morgan fingerprint density at radius 1 is 1.15 bits per heavy atom. The molecular weight excluding hydrogens is 344 g/mol. The highest BCUT2D eigenvalue weighted by molar-refractivity contribution is 5.45. The summed E-state index contributed by atoms with van der Waals surface area (Å²) in [6, 6.07) is 0. The molecule has 3 heterocycles. The van der Waals surface area contributed by atoms with Crippen LogP contribution in [0.1, 0.15) is 38.0 Å². The summed E-state index contributed by atoms with van der Waals surface area (Å²) in [4.78, 5) is 17.8. The average molecular weight is 372 g/mol. The van der Waals surface area contributed by atoms with E-state index in [0.717, 1.165) is 32.8 Å². The summed E-state index contributed by atoms with van der Waals surface area (Å²) in [5.41, 5.74) is 0.872. The summed E-state index contributed by atoms with van der Waals surface area (Å²) >= 11 is 0. The fourth-order valence-corrected chi connectivity index (χ4v) is 4.45. The van der Waals surface area contributed by atoms with Gasteiger partial charge in [-0.25, -0.2) is 4.98 Å². The van der Waals surface area contributed by atoms with E-state index < -0.39 is 0 Å². The Morgan fingerprint density at radius 2 is 1.96 bits per heavy atom. The standard InChI is InChI=1S/C19H28N6O2/c1-24(14-17-22-18(23-27-17)16-13-20-7-8-21-16)15-19(5-3-2-4-6-19)25-9-11-26-12-10-25/h7-8,13H,2-6,9-12,14-15H2,1H3. The van der Waals surface area contributed by atoms with Crippen molar-refractivity contribution in [2.24, 2.45) is 0 Å². The van der Waals surface area contributed by atoms with Crippen LogP contribution in [0.15, 0.2) is 23.1 Å². The van der Waals surface area contributed by atoms with Crippen LogP contribution in [0.4, 0.5) is 0 Å². The van der Waals surface area contributed by atoms with E-state index in [0.29, 0.717) is 24.0 Å². The number of rotatable bonds is 6. The molecule has 8 heteroatoms. The molecule has 0 spiro atoms. The number of nitrogens with zero attached hydrogens (tertiary/aromatic N) is 6. The van der Waals surface area contributed by atoms with E-state index >= 15 is 0 Å². The van der Waals surface area contributed by atoms with Gasteiger partial charge in [0.15, 0.2) is 0 Å².